The summed E-state index contributed by atoms with van der Waals surface area (Å²) >= 11 is 6.67. The van der Waals surface area contributed by atoms with Gasteiger partial charge in [0.25, 0.3) is 0 Å². The molecule has 128 heavy (non-hydrogen) atoms. The van der Waals surface area contributed by atoms with Gasteiger partial charge in [-0.15, -0.1) is 0 Å². The van der Waals surface area contributed by atoms with E-state index in [1.807, 2.05) is 141 Å². The van der Waals surface area contributed by atoms with E-state index in [2.05, 4.69) is 54.2 Å². The highest BCUT2D eigenvalue weighted by Crippen LogP contribution is 2.29. The molecule has 3 N–H and O–H groups in total. The van der Waals surface area contributed by atoms with Crippen LogP contribution in [0, 0.1) is 43.8 Å². The molecule has 0 radical (unpaired) electrons. The lowest BCUT2D eigenvalue weighted by Gasteiger charge is -2.20. The average molecular weight is 1840 g/mol. The van der Waals surface area contributed by atoms with Crippen LogP contribution in [0.15, 0.2) is 140 Å². The second-order valence-corrected chi connectivity index (χ2v) is 33.8. The lowest BCUT2D eigenvalue weighted by Crippen LogP contribution is -2.27. The van der Waals surface area contributed by atoms with Gasteiger partial charge in [0.05, 0.1) is 119 Å². The van der Waals surface area contributed by atoms with E-state index in [1.165, 1.54) is 122 Å². The topological polar surface area (TPSA) is 451 Å². The molecule has 33 heteroatoms. The Morgan fingerprint density at radius 1 is 0.320 bits per heavy atom. The van der Waals surface area contributed by atoms with Crippen molar-refractivity contribution in [3.8, 4) is 6.07 Å². The largest absolute Gasteiger partial charge is 0.478 e. The minimum atomic E-state index is -1.22. The van der Waals surface area contributed by atoms with E-state index in [4.69, 9.17) is 61.2 Å². The van der Waals surface area contributed by atoms with E-state index in [0.717, 1.165) is 35.4 Å². The highest BCUT2D eigenvalue weighted by molar-refractivity contribution is 8.24. The number of thioether (sulfide) groups is 1. The van der Waals surface area contributed by atoms with E-state index in [1.54, 1.807) is 53.7 Å². The first-order valence-corrected chi connectivity index (χ1v) is 41.5. The molecule has 0 saturated heterocycles. The molecule has 31 nitrogen and oxygen atoms in total. The number of esters is 12. The van der Waals surface area contributed by atoms with Crippen LogP contribution >= 0.6 is 24.0 Å². The Morgan fingerprint density at radius 2 is 0.523 bits per heavy atom. The van der Waals surface area contributed by atoms with Crippen LogP contribution in [0.1, 0.15) is 265 Å². The summed E-state index contributed by atoms with van der Waals surface area (Å²) in [5, 5.41) is 35.8. The van der Waals surface area contributed by atoms with Crippen LogP contribution in [0.2, 0.25) is 0 Å². The summed E-state index contributed by atoms with van der Waals surface area (Å²) in [5.41, 5.74) is -0.804. The van der Waals surface area contributed by atoms with Gasteiger partial charge >= 0.3 is 89.5 Å². The predicted octanol–water partition coefficient (Wildman–Crippen LogP) is 18.0. The van der Waals surface area contributed by atoms with Crippen molar-refractivity contribution in [2.24, 2.45) is 32.5 Å². The maximum Gasteiger partial charge on any atom is 0.339 e. The van der Waals surface area contributed by atoms with Gasteiger partial charge in [-0.3, -0.25) is 28.8 Å². The van der Waals surface area contributed by atoms with Crippen molar-refractivity contribution in [1.82, 2.24) is 0 Å². The fraction of sp³-hybridized carbons (Fsp3) is 0.505. The fourth-order valence-electron chi connectivity index (χ4n) is 7.30. The van der Waals surface area contributed by atoms with Crippen molar-refractivity contribution in [2.75, 3.05) is 82.3 Å². The van der Waals surface area contributed by atoms with Gasteiger partial charge in [-0.25, -0.2) is 43.2 Å². The number of methoxy groups -OCH3 is 6. The lowest BCUT2D eigenvalue weighted by atomic mass is 9.91. The molecule has 0 spiro atoms. The maximum absolute atomic E-state index is 11.8. The summed E-state index contributed by atoms with van der Waals surface area (Å²) < 4.78 is 56.6. The third kappa shape index (κ3) is 54.2. The van der Waals surface area contributed by atoms with E-state index in [9.17, 15) is 71.9 Å². The smallest absolute Gasteiger partial charge is 0.339 e. The molecule has 4 rings (SSSR count). The van der Waals surface area contributed by atoms with Gasteiger partial charge in [0.2, 0.25) is 0 Å². The highest BCUT2D eigenvalue weighted by Gasteiger charge is 2.32. The summed E-state index contributed by atoms with van der Waals surface area (Å²) in [6, 6.07) is 29.2. The van der Waals surface area contributed by atoms with Gasteiger partial charge in [-0.1, -0.05) is 152 Å². The van der Waals surface area contributed by atoms with Gasteiger partial charge < -0.3 is 72.2 Å². The van der Waals surface area contributed by atoms with Gasteiger partial charge in [-0.05, 0) is 198 Å². The summed E-state index contributed by atoms with van der Waals surface area (Å²) in [6.07, 6.45) is 4.55. The zero-order valence-corrected chi connectivity index (χ0v) is 81.7. The minimum absolute atomic E-state index is 0.0322. The molecule has 0 aliphatic carbocycles. The SMILES string of the molecule is C=C(C)C(=O)OC.C=C(C)C(=O)OC.C=C(C)C(=O)OCCOC(=O)c1ccccc1C(=O)O.CC(C)(C#N)SC(=S)c1ccccc1.CCC(C)(C)C(=O)OC.CCC(C)(C)C(=O)OC.CCC(C)(C)C(=O)OC.CCC(C)(C)C(=O)OC.CCC(C)(C)C(=O)OCCOC(=O)c1ccccc1C(=O)O.CCC(C)(C)C(=O)OCCOC(=O)c1ccccc1C(=O)O. The van der Waals surface area contributed by atoms with Crippen molar-refractivity contribution < 1.29 is 144 Å². The van der Waals surface area contributed by atoms with Gasteiger partial charge in [0.15, 0.2) is 0 Å². The van der Waals surface area contributed by atoms with Gasteiger partial charge in [0.1, 0.15) is 44.4 Å². The Bertz CT molecular complexity index is 4070. The number of rotatable bonds is 32. The fourth-order valence-corrected chi connectivity index (χ4v) is 8.83. The van der Waals surface area contributed by atoms with Crippen molar-refractivity contribution in [3.63, 3.8) is 0 Å². The highest BCUT2D eigenvalue weighted by atomic mass is 32.2. The van der Waals surface area contributed by atoms with Crippen molar-refractivity contribution in [1.29, 1.82) is 5.26 Å². The number of benzene rings is 4. The summed E-state index contributed by atoms with van der Waals surface area (Å²) in [4.78, 5) is 167. The van der Waals surface area contributed by atoms with Crippen LogP contribution in [0.5, 0.6) is 0 Å². The molecule has 714 valence electrons. The van der Waals surface area contributed by atoms with Crippen LogP contribution in [0.25, 0.3) is 0 Å². The Hall–Kier alpha value is -11.9. The number of hydrogen-bond acceptors (Lipinski definition) is 30. The Morgan fingerprint density at radius 3 is 0.703 bits per heavy atom. The lowest BCUT2D eigenvalue weighted by molar-refractivity contribution is -0.155. The zero-order valence-electron chi connectivity index (χ0n) is 80.0. The average Bonchev–Trinajstić information content (AvgIpc) is 0.851. The first-order valence-electron chi connectivity index (χ1n) is 40.3. The monoisotopic (exact) mass is 1840 g/mol. The van der Waals surface area contributed by atoms with Crippen molar-refractivity contribution in [3.05, 3.63) is 179 Å². The van der Waals surface area contributed by atoms with Crippen LogP contribution in [-0.4, -0.2) is 196 Å². The maximum atomic E-state index is 11.8. The molecule has 4 aromatic carbocycles. The van der Waals surface area contributed by atoms with Crippen molar-refractivity contribution in [2.45, 2.75) is 203 Å². The quantitative estimate of drug-likeness (QED) is 0.0134. The van der Waals surface area contributed by atoms with E-state index in [-0.39, 0.29) is 148 Å². The second kappa shape index (κ2) is 65.6. The molecule has 0 saturated carbocycles. The number of nitrogens with zero attached hydrogens (tertiary/aromatic N) is 1. The number of ether oxygens (including phenoxy) is 12. The van der Waals surface area contributed by atoms with E-state index >= 15 is 0 Å². The molecule has 0 heterocycles. The molecule has 0 fully saturated rings. The molecular weight excluding hydrogens is 1700 g/mol. The van der Waals surface area contributed by atoms with Gasteiger partial charge in [0, 0.05) is 16.7 Å². The van der Waals surface area contributed by atoms with E-state index < -0.39 is 57.4 Å². The molecule has 0 atom stereocenters. The second-order valence-electron chi connectivity index (χ2n) is 31.5. The predicted molar refractivity (Wildman–Crippen MR) is 490 cm³/mol. The number of nitriles is 1. The number of carboxylic acid groups (broad SMARTS) is 3. The molecule has 0 bridgehead atoms. The minimum Gasteiger partial charge on any atom is -0.478 e. The Kier molecular flexibility index (Phi) is 65.0. The Balaban J connectivity index is -0.000000333. The molecule has 4 aromatic rings. The zero-order chi connectivity index (χ0) is 101. The van der Waals surface area contributed by atoms with Crippen LogP contribution in [0.4, 0.5) is 0 Å². The Labute approximate surface area is 765 Å². The number of carboxylic acids is 3. The standard InChI is InChI=1S/2C16H20O6.C14H14O6.C11H11NS2.4C7H14O2.2C5H8O2/c2*1-4-16(2,3)15(20)22-10-9-21-14(19)12-8-6-5-7-11(12)13(17)18;1-9(2)13(17)19-7-8-20-14(18)11-6-4-3-5-10(11)12(15)16;1-11(2,8-12)14-10(13)9-6-4-3-5-7-9;4*1-5-7(2,3)6(8)9-4;2*1-4(2)5(6)7-3/h2*5-8H,4,9-10H2,1-3H3,(H,17,18);3-6H,1,7-8H2,2H3,(H,15,16);3-7H,1-2H3;4*5H2,1-4H3;2*1H2,2-3H3. The molecular formula is C95H137NO30S2. The molecule has 0 aromatic heterocycles. The third-order valence-electron chi connectivity index (χ3n) is 18.2. The van der Waals surface area contributed by atoms with Crippen LogP contribution in [-0.2, 0) is 100.0 Å². The normalized spacial score (nSPS) is 10.4. The molecule has 0 aliphatic rings. The summed E-state index contributed by atoms with van der Waals surface area (Å²) in [5.74, 6) is -8.47. The summed E-state index contributed by atoms with van der Waals surface area (Å²) in [7, 11) is 8.33. The van der Waals surface area contributed by atoms with E-state index in [0.29, 0.717) is 24.0 Å². The first-order chi connectivity index (χ1) is 59.1. The number of aromatic carboxylic acids is 3. The molecule has 0 amide bonds. The van der Waals surface area contributed by atoms with Crippen LogP contribution < -0.4 is 0 Å². The number of carbonyl (C=O) groups excluding carboxylic acids is 12. The molecule has 0 unspecified atom stereocenters. The molecule has 0 aliphatic heterocycles. The number of thiocarbonyl (C=S) groups is 1. The van der Waals surface area contributed by atoms with Gasteiger partial charge in [-0.2, -0.15) is 5.26 Å². The number of hydrogen-bond donors (Lipinski definition) is 3. The first kappa shape index (κ1) is 127. The number of carbonyl (C=O) groups is 15. The summed E-state index contributed by atoms with van der Waals surface area (Å²) in [6.45, 7) is 51.6. The van der Waals surface area contributed by atoms with Crippen molar-refractivity contribution >= 4 is 118 Å². The third-order valence-corrected chi connectivity index (χ3v) is 19.7. The van der Waals surface area contributed by atoms with Crippen LogP contribution in [0.3, 0.4) is 0 Å².